The molecule has 0 aliphatic carbocycles. The first-order valence-corrected chi connectivity index (χ1v) is 4.85. The molecule has 0 aromatic rings. The summed E-state index contributed by atoms with van der Waals surface area (Å²) in [5, 5.41) is 0. The van der Waals surface area contributed by atoms with Gasteiger partial charge in [0.15, 0.2) is 0 Å². The maximum Gasteiger partial charge on any atom is 0.0394 e. The van der Waals surface area contributed by atoms with Crippen molar-refractivity contribution in [2.24, 2.45) is 10.9 Å². The Morgan fingerprint density at radius 2 is 2.27 bits per heavy atom. The van der Waals surface area contributed by atoms with Crippen molar-refractivity contribution >= 4 is 5.71 Å². The van der Waals surface area contributed by atoms with Crippen LogP contribution >= 0.6 is 0 Å². The fourth-order valence-electron chi connectivity index (χ4n) is 1.73. The molecule has 0 N–H and O–H groups in total. The van der Waals surface area contributed by atoms with Gasteiger partial charge in [-0.05, 0) is 25.7 Å². The van der Waals surface area contributed by atoms with Gasteiger partial charge in [0.25, 0.3) is 0 Å². The molecule has 0 saturated heterocycles. The fraction of sp³-hybridized carbons (Fsp3) is 0.900. The lowest BCUT2D eigenvalue weighted by Gasteiger charge is -2.08. The van der Waals surface area contributed by atoms with Crippen molar-refractivity contribution in [3.63, 3.8) is 0 Å². The van der Waals surface area contributed by atoms with E-state index in [9.17, 15) is 0 Å². The molecule has 0 fully saturated rings. The lowest BCUT2D eigenvalue weighted by atomic mass is 9.96. The van der Waals surface area contributed by atoms with Crippen LogP contribution in [0.4, 0.5) is 0 Å². The second-order valence-electron chi connectivity index (χ2n) is 3.50. The number of unbranched alkanes of at least 4 members (excludes halogenated alkanes) is 2. The highest BCUT2D eigenvalue weighted by atomic mass is 14.8. The van der Waals surface area contributed by atoms with Crippen molar-refractivity contribution < 1.29 is 0 Å². The molecule has 0 spiro atoms. The largest absolute Gasteiger partial charge is 0.294 e. The Morgan fingerprint density at radius 3 is 2.82 bits per heavy atom. The number of aliphatic imine (C=N–C) groups is 1. The first-order chi connectivity index (χ1) is 5.34. The van der Waals surface area contributed by atoms with Crippen LogP contribution in [0.1, 0.15) is 46.0 Å². The number of hydrogen-bond donors (Lipinski definition) is 0. The second-order valence-corrected chi connectivity index (χ2v) is 3.50. The summed E-state index contributed by atoms with van der Waals surface area (Å²) in [6.07, 6.45) is 6.82. The number of nitrogens with zero attached hydrogens (tertiary/aromatic N) is 1. The van der Waals surface area contributed by atoms with Crippen molar-refractivity contribution in [3.8, 4) is 0 Å². The van der Waals surface area contributed by atoms with E-state index >= 15 is 0 Å². The molecule has 1 heteroatoms. The van der Waals surface area contributed by atoms with E-state index in [1.807, 2.05) is 0 Å². The van der Waals surface area contributed by atoms with Gasteiger partial charge in [0.05, 0.1) is 0 Å². The van der Waals surface area contributed by atoms with Crippen LogP contribution in [0.15, 0.2) is 4.99 Å². The monoisotopic (exact) mass is 153 g/mol. The summed E-state index contributed by atoms with van der Waals surface area (Å²) in [6, 6.07) is 0. The van der Waals surface area contributed by atoms with Crippen LogP contribution in [0.2, 0.25) is 0 Å². The number of hydrogen-bond acceptors (Lipinski definition) is 1. The summed E-state index contributed by atoms with van der Waals surface area (Å²) < 4.78 is 0. The van der Waals surface area contributed by atoms with Crippen LogP contribution < -0.4 is 0 Å². The summed E-state index contributed by atoms with van der Waals surface area (Å²) in [5.41, 5.74) is 1.40. The highest BCUT2D eigenvalue weighted by molar-refractivity contribution is 5.85. The van der Waals surface area contributed by atoms with E-state index in [0.29, 0.717) is 0 Å². The van der Waals surface area contributed by atoms with Gasteiger partial charge < -0.3 is 0 Å². The van der Waals surface area contributed by atoms with Crippen molar-refractivity contribution in [2.75, 3.05) is 6.54 Å². The summed E-state index contributed by atoms with van der Waals surface area (Å²) in [6.45, 7) is 5.53. The van der Waals surface area contributed by atoms with Crippen LogP contribution in [0, 0.1) is 5.92 Å². The molecule has 1 rings (SSSR count). The van der Waals surface area contributed by atoms with Gasteiger partial charge in [0.2, 0.25) is 0 Å². The zero-order valence-corrected chi connectivity index (χ0v) is 7.77. The predicted octanol–water partition coefficient (Wildman–Crippen LogP) is 3.05. The zero-order valence-electron chi connectivity index (χ0n) is 7.77. The third-order valence-corrected chi connectivity index (χ3v) is 2.59. The molecule has 1 unspecified atom stereocenters. The van der Waals surface area contributed by atoms with Crippen LogP contribution in [-0.2, 0) is 0 Å². The zero-order chi connectivity index (χ0) is 8.10. The first-order valence-electron chi connectivity index (χ1n) is 4.85. The first kappa shape index (κ1) is 8.76. The van der Waals surface area contributed by atoms with Crippen LogP contribution in [0.5, 0.6) is 0 Å². The van der Waals surface area contributed by atoms with Crippen molar-refractivity contribution in [1.82, 2.24) is 0 Å². The minimum Gasteiger partial charge on any atom is -0.294 e. The fourth-order valence-corrected chi connectivity index (χ4v) is 1.73. The van der Waals surface area contributed by atoms with Crippen LogP contribution in [0.25, 0.3) is 0 Å². The summed E-state index contributed by atoms with van der Waals surface area (Å²) in [4.78, 5) is 4.41. The van der Waals surface area contributed by atoms with Crippen LogP contribution in [0.3, 0.4) is 0 Å². The van der Waals surface area contributed by atoms with Crippen molar-refractivity contribution in [2.45, 2.75) is 46.0 Å². The Kier molecular flexibility index (Phi) is 3.61. The third-order valence-electron chi connectivity index (χ3n) is 2.59. The van der Waals surface area contributed by atoms with Gasteiger partial charge in [-0.2, -0.15) is 0 Å². The topological polar surface area (TPSA) is 12.4 Å². The third kappa shape index (κ3) is 2.64. The molecular formula is C10H19N. The molecule has 1 nitrogen and oxygen atoms in total. The molecular weight excluding hydrogens is 134 g/mol. The van der Waals surface area contributed by atoms with Crippen molar-refractivity contribution in [3.05, 3.63) is 0 Å². The van der Waals surface area contributed by atoms with Gasteiger partial charge in [0.1, 0.15) is 0 Å². The van der Waals surface area contributed by atoms with Crippen LogP contribution in [-0.4, -0.2) is 12.3 Å². The molecule has 0 aromatic carbocycles. The number of rotatable bonds is 4. The lowest BCUT2D eigenvalue weighted by molar-refractivity contribution is 0.559. The van der Waals surface area contributed by atoms with Gasteiger partial charge in [0, 0.05) is 12.3 Å². The smallest absolute Gasteiger partial charge is 0.0394 e. The van der Waals surface area contributed by atoms with Gasteiger partial charge in [-0.15, -0.1) is 0 Å². The Balaban J connectivity index is 2.12. The predicted molar refractivity (Wildman–Crippen MR) is 50.2 cm³/mol. The quantitative estimate of drug-likeness (QED) is 0.550. The average molecular weight is 153 g/mol. The Hall–Kier alpha value is -0.330. The Morgan fingerprint density at radius 1 is 1.45 bits per heavy atom. The normalized spacial score (nSPS) is 23.8. The summed E-state index contributed by atoms with van der Waals surface area (Å²) >= 11 is 0. The molecule has 0 saturated carbocycles. The molecule has 0 radical (unpaired) electrons. The molecule has 1 aliphatic rings. The van der Waals surface area contributed by atoms with Gasteiger partial charge in [-0.25, -0.2) is 0 Å². The van der Waals surface area contributed by atoms with E-state index in [-0.39, 0.29) is 0 Å². The highest BCUT2D eigenvalue weighted by Gasteiger charge is 2.15. The molecule has 1 heterocycles. The summed E-state index contributed by atoms with van der Waals surface area (Å²) in [7, 11) is 0. The van der Waals surface area contributed by atoms with E-state index in [2.05, 4.69) is 18.8 Å². The van der Waals surface area contributed by atoms with Crippen molar-refractivity contribution in [1.29, 1.82) is 0 Å². The molecule has 64 valence electrons. The maximum absolute atomic E-state index is 4.41. The van der Waals surface area contributed by atoms with Gasteiger partial charge in [-0.3, -0.25) is 4.99 Å². The van der Waals surface area contributed by atoms with E-state index in [4.69, 9.17) is 0 Å². The molecule has 0 amide bonds. The highest BCUT2D eigenvalue weighted by Crippen LogP contribution is 2.20. The minimum atomic E-state index is 0.835. The Labute approximate surface area is 69.9 Å². The average Bonchev–Trinajstić information content (AvgIpc) is 2.37. The Bertz CT molecular complexity index is 138. The molecule has 0 bridgehead atoms. The lowest BCUT2D eigenvalue weighted by Crippen LogP contribution is -2.05. The molecule has 0 aromatic heterocycles. The van der Waals surface area contributed by atoms with E-state index in [0.717, 1.165) is 12.5 Å². The van der Waals surface area contributed by atoms with E-state index in [1.54, 1.807) is 0 Å². The van der Waals surface area contributed by atoms with Gasteiger partial charge in [-0.1, -0.05) is 26.2 Å². The van der Waals surface area contributed by atoms with Gasteiger partial charge >= 0.3 is 0 Å². The van der Waals surface area contributed by atoms with E-state index in [1.165, 1.54) is 37.8 Å². The molecule has 11 heavy (non-hydrogen) atoms. The SMILES string of the molecule is CCCCCC1CCN=C1C. The maximum atomic E-state index is 4.41. The molecule has 1 atom stereocenters. The second kappa shape index (κ2) is 4.53. The van der Waals surface area contributed by atoms with E-state index < -0.39 is 0 Å². The minimum absolute atomic E-state index is 0.835. The summed E-state index contributed by atoms with van der Waals surface area (Å²) in [5.74, 6) is 0.835. The molecule has 1 aliphatic heterocycles. The standard InChI is InChI=1S/C10H19N/c1-3-4-5-6-10-7-8-11-9(10)2/h10H,3-8H2,1-2H3.